The third-order valence-corrected chi connectivity index (χ3v) is 4.76. The largest absolute Gasteiger partial charge is 0.393 e. The Labute approximate surface area is 135 Å². The van der Waals surface area contributed by atoms with Crippen LogP contribution in [0.4, 0.5) is 5.69 Å². The van der Waals surface area contributed by atoms with E-state index in [1.165, 1.54) is 0 Å². The Kier molecular flexibility index (Phi) is 5.60. The molecule has 1 aliphatic rings. The van der Waals surface area contributed by atoms with E-state index < -0.39 is 0 Å². The second-order valence-electron chi connectivity index (χ2n) is 5.06. The summed E-state index contributed by atoms with van der Waals surface area (Å²) in [6, 6.07) is 5.46. The topological polar surface area (TPSA) is 52.6 Å². The van der Waals surface area contributed by atoms with Crippen molar-refractivity contribution in [3.05, 3.63) is 27.1 Å². The average Bonchev–Trinajstić information content (AvgIpc) is 2.42. The first-order chi connectivity index (χ1) is 9.47. The number of hydrogen-bond acceptors (Lipinski definition) is 3. The first-order valence-electron chi connectivity index (χ1n) is 6.65. The maximum absolute atomic E-state index is 12.3. The predicted molar refractivity (Wildman–Crippen MR) is 86.7 cm³/mol. The summed E-state index contributed by atoms with van der Waals surface area (Å²) in [6.07, 6.45) is 1.25. The van der Waals surface area contributed by atoms with Crippen molar-refractivity contribution in [1.29, 1.82) is 0 Å². The molecule has 4 nitrogen and oxygen atoms in total. The van der Waals surface area contributed by atoms with Crippen LogP contribution in [0.25, 0.3) is 0 Å². The minimum Gasteiger partial charge on any atom is -0.393 e. The third-order valence-electron chi connectivity index (χ3n) is 3.62. The molecule has 20 heavy (non-hydrogen) atoms. The van der Waals surface area contributed by atoms with Crippen molar-refractivity contribution >= 4 is 43.5 Å². The van der Waals surface area contributed by atoms with Gasteiger partial charge < -0.3 is 10.4 Å². The van der Waals surface area contributed by atoms with Gasteiger partial charge in [-0.2, -0.15) is 0 Å². The third kappa shape index (κ3) is 4.04. The number of anilines is 1. The number of benzene rings is 1. The van der Waals surface area contributed by atoms with Gasteiger partial charge in [-0.25, -0.2) is 0 Å². The summed E-state index contributed by atoms with van der Waals surface area (Å²) in [5.41, 5.74) is 0.766. The number of piperidine rings is 1. The summed E-state index contributed by atoms with van der Waals surface area (Å²) in [7, 11) is 0. The van der Waals surface area contributed by atoms with E-state index >= 15 is 0 Å². The molecule has 1 aliphatic heterocycles. The molecule has 2 N–H and O–H groups in total. The molecule has 1 saturated heterocycles. The number of hydrogen-bond donors (Lipinski definition) is 2. The lowest BCUT2D eigenvalue weighted by Gasteiger charge is -2.33. The molecule has 1 aromatic rings. The summed E-state index contributed by atoms with van der Waals surface area (Å²) < 4.78 is 1.81. The fourth-order valence-electron chi connectivity index (χ4n) is 2.27. The SMILES string of the molecule is CC(C(=O)Nc1ccc(Br)cc1Br)N1CCC(O)CC1. The maximum Gasteiger partial charge on any atom is 0.241 e. The number of carbonyl (C=O) groups excluding carboxylic acids is 1. The smallest absolute Gasteiger partial charge is 0.241 e. The molecule has 1 atom stereocenters. The minimum atomic E-state index is -0.220. The number of halogens is 2. The lowest BCUT2D eigenvalue weighted by molar-refractivity contribution is -0.121. The molecule has 1 heterocycles. The van der Waals surface area contributed by atoms with E-state index in [0.29, 0.717) is 0 Å². The van der Waals surface area contributed by atoms with Crippen molar-refractivity contribution in [2.24, 2.45) is 0 Å². The molecule has 1 unspecified atom stereocenters. The summed E-state index contributed by atoms with van der Waals surface area (Å²) >= 11 is 6.82. The highest BCUT2D eigenvalue weighted by Crippen LogP contribution is 2.26. The standard InChI is InChI=1S/C14H18Br2N2O2/c1-9(18-6-4-11(19)5-7-18)14(20)17-13-3-2-10(15)8-12(13)16/h2-3,8-9,11,19H,4-7H2,1H3,(H,17,20). The zero-order valence-electron chi connectivity index (χ0n) is 11.3. The van der Waals surface area contributed by atoms with Crippen LogP contribution in [0.15, 0.2) is 27.1 Å². The van der Waals surface area contributed by atoms with E-state index in [4.69, 9.17) is 0 Å². The van der Waals surface area contributed by atoms with Gasteiger partial charge in [0, 0.05) is 22.0 Å². The monoisotopic (exact) mass is 404 g/mol. The van der Waals surface area contributed by atoms with Crippen LogP contribution in [0.2, 0.25) is 0 Å². The summed E-state index contributed by atoms with van der Waals surface area (Å²) in [6.45, 7) is 3.42. The second-order valence-corrected chi connectivity index (χ2v) is 6.83. The molecular weight excluding hydrogens is 388 g/mol. The van der Waals surface area contributed by atoms with Gasteiger partial charge in [0.1, 0.15) is 0 Å². The summed E-state index contributed by atoms with van der Waals surface area (Å²) in [5.74, 6) is -0.0237. The fraction of sp³-hybridized carbons (Fsp3) is 0.500. The van der Waals surface area contributed by atoms with Gasteiger partial charge in [-0.1, -0.05) is 15.9 Å². The van der Waals surface area contributed by atoms with Gasteiger partial charge in [0.15, 0.2) is 0 Å². The molecule has 2 rings (SSSR count). The number of rotatable bonds is 3. The molecule has 0 saturated carbocycles. The van der Waals surface area contributed by atoms with E-state index in [0.717, 1.165) is 40.6 Å². The van der Waals surface area contributed by atoms with Gasteiger partial charge in [-0.05, 0) is 53.9 Å². The van der Waals surface area contributed by atoms with E-state index in [-0.39, 0.29) is 18.1 Å². The number of nitrogens with one attached hydrogen (secondary N) is 1. The predicted octanol–water partition coefficient (Wildman–Crippen LogP) is 3.00. The Morgan fingerprint density at radius 2 is 2.05 bits per heavy atom. The molecule has 1 aromatic carbocycles. The summed E-state index contributed by atoms with van der Waals surface area (Å²) in [4.78, 5) is 14.4. The van der Waals surface area contributed by atoms with Gasteiger partial charge in [0.2, 0.25) is 5.91 Å². The Balaban J connectivity index is 1.97. The van der Waals surface area contributed by atoms with Crippen LogP contribution >= 0.6 is 31.9 Å². The zero-order chi connectivity index (χ0) is 14.7. The van der Waals surface area contributed by atoms with E-state index in [1.807, 2.05) is 25.1 Å². The number of amides is 1. The van der Waals surface area contributed by atoms with Gasteiger partial charge in [0.05, 0.1) is 17.8 Å². The fourth-order valence-corrected chi connectivity index (χ4v) is 3.41. The quantitative estimate of drug-likeness (QED) is 0.812. The van der Waals surface area contributed by atoms with Crippen LogP contribution in [-0.4, -0.2) is 41.1 Å². The van der Waals surface area contributed by atoms with Crippen LogP contribution in [0.5, 0.6) is 0 Å². The molecule has 0 aliphatic carbocycles. The van der Waals surface area contributed by atoms with Crippen LogP contribution in [0, 0.1) is 0 Å². The molecule has 110 valence electrons. The van der Waals surface area contributed by atoms with Crippen molar-refractivity contribution in [2.75, 3.05) is 18.4 Å². The van der Waals surface area contributed by atoms with Crippen molar-refractivity contribution in [3.63, 3.8) is 0 Å². The summed E-state index contributed by atoms with van der Waals surface area (Å²) in [5, 5.41) is 12.4. The molecule has 0 aromatic heterocycles. The molecule has 0 radical (unpaired) electrons. The Morgan fingerprint density at radius 1 is 1.40 bits per heavy atom. The van der Waals surface area contributed by atoms with Crippen molar-refractivity contribution in [3.8, 4) is 0 Å². The van der Waals surface area contributed by atoms with Crippen molar-refractivity contribution in [1.82, 2.24) is 4.90 Å². The van der Waals surface area contributed by atoms with Gasteiger partial charge in [-0.15, -0.1) is 0 Å². The maximum atomic E-state index is 12.3. The molecule has 6 heteroatoms. The van der Waals surface area contributed by atoms with E-state index in [2.05, 4.69) is 42.1 Å². The highest BCUT2D eigenvalue weighted by atomic mass is 79.9. The van der Waals surface area contributed by atoms with E-state index in [9.17, 15) is 9.90 Å². The number of aliphatic hydroxyl groups excluding tert-OH is 1. The number of carbonyl (C=O) groups is 1. The van der Waals surface area contributed by atoms with Gasteiger partial charge in [-0.3, -0.25) is 9.69 Å². The van der Waals surface area contributed by atoms with Gasteiger partial charge >= 0.3 is 0 Å². The lowest BCUT2D eigenvalue weighted by atomic mass is 10.1. The van der Waals surface area contributed by atoms with Crippen LogP contribution in [0.3, 0.4) is 0 Å². The van der Waals surface area contributed by atoms with Crippen LogP contribution in [-0.2, 0) is 4.79 Å². The number of likely N-dealkylation sites (tertiary alicyclic amines) is 1. The Bertz CT molecular complexity index is 488. The van der Waals surface area contributed by atoms with Crippen molar-refractivity contribution < 1.29 is 9.90 Å². The Hall–Kier alpha value is -0.430. The average molecular weight is 406 g/mol. The van der Waals surface area contributed by atoms with Crippen molar-refractivity contribution in [2.45, 2.75) is 31.9 Å². The van der Waals surface area contributed by atoms with Crippen LogP contribution in [0.1, 0.15) is 19.8 Å². The first-order valence-corrected chi connectivity index (χ1v) is 8.24. The number of nitrogens with zero attached hydrogens (tertiary/aromatic N) is 1. The van der Waals surface area contributed by atoms with Crippen LogP contribution < -0.4 is 5.32 Å². The van der Waals surface area contributed by atoms with E-state index in [1.54, 1.807) is 0 Å². The molecule has 0 spiro atoms. The highest BCUT2D eigenvalue weighted by molar-refractivity contribution is 9.11. The minimum absolute atomic E-state index is 0.0237. The molecule has 1 fully saturated rings. The van der Waals surface area contributed by atoms with Gasteiger partial charge in [0.25, 0.3) is 0 Å². The molecule has 0 bridgehead atoms. The lowest BCUT2D eigenvalue weighted by Crippen LogP contribution is -2.47. The highest BCUT2D eigenvalue weighted by Gasteiger charge is 2.25. The first kappa shape index (κ1) is 15.9. The Morgan fingerprint density at radius 3 is 2.65 bits per heavy atom. The number of aliphatic hydroxyl groups is 1. The molecular formula is C14H18Br2N2O2. The zero-order valence-corrected chi connectivity index (χ0v) is 14.4. The second kappa shape index (κ2) is 7.02. The normalized spacial score (nSPS) is 18.8. The molecule has 1 amide bonds.